The molecule has 0 spiro atoms. The Balaban J connectivity index is 3.12. The number of hydrogen-bond acceptors (Lipinski definition) is 4. The lowest BCUT2D eigenvalue weighted by molar-refractivity contribution is -0.131. The smallest absolute Gasteiger partial charge is 0.420 e. The topological polar surface area (TPSA) is 81.4 Å². The van der Waals surface area contributed by atoms with Crippen LogP contribution in [0, 0.1) is 0 Å². The van der Waals surface area contributed by atoms with E-state index in [0.29, 0.717) is 17.9 Å². The first-order valence-electron chi connectivity index (χ1n) is 6.95. The lowest BCUT2D eigenvalue weighted by Gasteiger charge is -2.20. The fourth-order valence-corrected chi connectivity index (χ4v) is 1.71. The average Bonchev–Trinajstić information content (AvgIpc) is 2.74. The molecule has 6 nitrogen and oxygen atoms in total. The standard InChI is InChI=1S/C15H22N2O4/c1-5-6-7-12-16-10-11(8-9-13(18)19)17(12)14(20)21-15(2,3)4/h8-10H,5-7H2,1-4H3,(H,18,19)/b9-8+. The maximum absolute atomic E-state index is 12.3. The number of ether oxygens (including phenoxy) is 1. The normalized spacial score (nSPS) is 11.8. The van der Waals surface area contributed by atoms with Crippen molar-refractivity contribution < 1.29 is 19.4 Å². The SMILES string of the molecule is CCCCc1ncc(/C=C/C(=O)O)n1C(=O)OC(C)(C)C. The van der Waals surface area contributed by atoms with Crippen LogP contribution in [0.3, 0.4) is 0 Å². The third kappa shape index (κ3) is 5.41. The van der Waals surface area contributed by atoms with Gasteiger partial charge in [0.2, 0.25) is 0 Å². The number of imidazole rings is 1. The number of aliphatic carboxylic acids is 1. The minimum absolute atomic E-state index is 0.401. The number of carbonyl (C=O) groups is 2. The van der Waals surface area contributed by atoms with E-state index in [1.165, 1.54) is 16.8 Å². The first-order valence-corrected chi connectivity index (χ1v) is 6.95. The minimum atomic E-state index is -1.08. The van der Waals surface area contributed by atoms with E-state index in [4.69, 9.17) is 9.84 Å². The Kier molecular flexibility index (Phi) is 5.69. The second-order valence-corrected chi connectivity index (χ2v) is 5.69. The first-order chi connectivity index (χ1) is 9.74. The van der Waals surface area contributed by atoms with Crippen LogP contribution in [-0.4, -0.2) is 32.3 Å². The molecule has 0 bridgehead atoms. The molecule has 0 unspecified atom stereocenters. The van der Waals surface area contributed by atoms with Crippen LogP contribution in [0.15, 0.2) is 12.3 Å². The summed E-state index contributed by atoms with van der Waals surface area (Å²) in [5, 5.41) is 8.71. The van der Waals surface area contributed by atoms with E-state index in [1.54, 1.807) is 20.8 Å². The van der Waals surface area contributed by atoms with Gasteiger partial charge in [0.15, 0.2) is 0 Å². The van der Waals surface area contributed by atoms with Gasteiger partial charge in [0, 0.05) is 12.5 Å². The molecule has 0 atom stereocenters. The summed E-state index contributed by atoms with van der Waals surface area (Å²) in [6, 6.07) is 0. The summed E-state index contributed by atoms with van der Waals surface area (Å²) in [4.78, 5) is 27.1. The molecule has 116 valence electrons. The molecule has 1 heterocycles. The Morgan fingerprint density at radius 1 is 1.43 bits per heavy atom. The Morgan fingerprint density at radius 3 is 2.62 bits per heavy atom. The van der Waals surface area contributed by atoms with Crippen molar-refractivity contribution in [3.63, 3.8) is 0 Å². The molecule has 0 radical (unpaired) electrons. The highest BCUT2D eigenvalue weighted by atomic mass is 16.6. The number of carboxylic acids is 1. The molecule has 21 heavy (non-hydrogen) atoms. The van der Waals surface area contributed by atoms with Crippen molar-refractivity contribution in [1.29, 1.82) is 0 Å². The van der Waals surface area contributed by atoms with Gasteiger partial charge in [0.05, 0.1) is 11.9 Å². The fraction of sp³-hybridized carbons (Fsp3) is 0.533. The maximum atomic E-state index is 12.3. The Labute approximate surface area is 124 Å². The van der Waals surface area contributed by atoms with Gasteiger partial charge < -0.3 is 9.84 Å². The van der Waals surface area contributed by atoms with Crippen LogP contribution in [0.2, 0.25) is 0 Å². The van der Waals surface area contributed by atoms with Crippen molar-refractivity contribution in [3.05, 3.63) is 23.8 Å². The summed E-state index contributed by atoms with van der Waals surface area (Å²) in [6.07, 6.45) is 5.75. The highest BCUT2D eigenvalue weighted by Crippen LogP contribution is 2.15. The number of carboxylic acid groups (broad SMARTS) is 1. The second kappa shape index (κ2) is 7.06. The zero-order valence-electron chi connectivity index (χ0n) is 12.9. The molecule has 0 saturated heterocycles. The van der Waals surface area contributed by atoms with Gasteiger partial charge in [0.25, 0.3) is 0 Å². The van der Waals surface area contributed by atoms with Gasteiger partial charge in [-0.15, -0.1) is 0 Å². The molecule has 0 aliphatic carbocycles. The zero-order valence-corrected chi connectivity index (χ0v) is 12.9. The minimum Gasteiger partial charge on any atom is -0.478 e. The number of aryl methyl sites for hydroxylation is 1. The third-order valence-electron chi connectivity index (χ3n) is 2.59. The maximum Gasteiger partial charge on any atom is 0.420 e. The Hall–Kier alpha value is -2.11. The van der Waals surface area contributed by atoms with Gasteiger partial charge in [-0.2, -0.15) is 0 Å². The molecule has 1 aromatic heterocycles. The molecule has 1 aromatic rings. The molecule has 0 amide bonds. The average molecular weight is 294 g/mol. The Morgan fingerprint density at radius 2 is 2.10 bits per heavy atom. The number of rotatable bonds is 5. The molecule has 1 N–H and O–H groups in total. The summed E-state index contributed by atoms with van der Waals surface area (Å²) in [6.45, 7) is 7.38. The van der Waals surface area contributed by atoms with E-state index in [9.17, 15) is 9.59 Å². The van der Waals surface area contributed by atoms with Gasteiger partial charge in [-0.3, -0.25) is 0 Å². The van der Waals surface area contributed by atoms with E-state index in [-0.39, 0.29) is 0 Å². The van der Waals surface area contributed by atoms with Crippen LogP contribution in [0.1, 0.15) is 52.1 Å². The lowest BCUT2D eigenvalue weighted by atomic mass is 10.2. The van der Waals surface area contributed by atoms with Crippen LogP contribution in [0.25, 0.3) is 6.08 Å². The molecule has 0 aromatic carbocycles. The highest BCUT2D eigenvalue weighted by Gasteiger charge is 2.22. The molecule has 0 aliphatic rings. The fourth-order valence-electron chi connectivity index (χ4n) is 1.71. The lowest BCUT2D eigenvalue weighted by Crippen LogP contribution is -2.28. The predicted octanol–water partition coefficient (Wildman–Crippen LogP) is 3.11. The molecule has 6 heteroatoms. The van der Waals surface area contributed by atoms with Crippen LogP contribution < -0.4 is 0 Å². The van der Waals surface area contributed by atoms with Crippen molar-refractivity contribution in [2.24, 2.45) is 0 Å². The van der Waals surface area contributed by atoms with Gasteiger partial charge in [-0.1, -0.05) is 13.3 Å². The van der Waals surface area contributed by atoms with Crippen molar-refractivity contribution in [2.75, 3.05) is 0 Å². The molecule has 0 saturated carbocycles. The molecule has 0 aliphatic heterocycles. The van der Waals surface area contributed by atoms with E-state index >= 15 is 0 Å². The van der Waals surface area contributed by atoms with Crippen molar-refractivity contribution in [1.82, 2.24) is 9.55 Å². The van der Waals surface area contributed by atoms with Crippen molar-refractivity contribution >= 4 is 18.1 Å². The van der Waals surface area contributed by atoms with Crippen molar-refractivity contribution in [3.8, 4) is 0 Å². The van der Waals surface area contributed by atoms with E-state index in [0.717, 1.165) is 18.9 Å². The molecular formula is C15H22N2O4. The number of aromatic nitrogens is 2. The second-order valence-electron chi connectivity index (χ2n) is 5.69. The van der Waals surface area contributed by atoms with Gasteiger partial charge >= 0.3 is 12.1 Å². The number of hydrogen-bond donors (Lipinski definition) is 1. The predicted molar refractivity (Wildman–Crippen MR) is 79.1 cm³/mol. The van der Waals surface area contributed by atoms with E-state index < -0.39 is 17.7 Å². The van der Waals surface area contributed by atoms with Gasteiger partial charge in [-0.05, 0) is 33.3 Å². The first kappa shape index (κ1) is 16.9. The molecule has 1 rings (SSSR count). The monoisotopic (exact) mass is 294 g/mol. The quantitative estimate of drug-likeness (QED) is 0.844. The van der Waals surface area contributed by atoms with Crippen LogP contribution in [-0.2, 0) is 16.0 Å². The largest absolute Gasteiger partial charge is 0.478 e. The summed E-state index contributed by atoms with van der Waals surface area (Å²) < 4.78 is 6.69. The summed E-state index contributed by atoms with van der Waals surface area (Å²) in [5.74, 6) is -0.502. The van der Waals surface area contributed by atoms with Gasteiger partial charge in [-0.25, -0.2) is 19.1 Å². The van der Waals surface area contributed by atoms with Crippen molar-refractivity contribution in [2.45, 2.75) is 52.6 Å². The van der Waals surface area contributed by atoms with Crippen LogP contribution in [0.4, 0.5) is 4.79 Å². The number of carbonyl (C=O) groups excluding carboxylic acids is 1. The number of nitrogens with zero attached hydrogens (tertiary/aromatic N) is 2. The van der Waals surface area contributed by atoms with Crippen LogP contribution >= 0.6 is 0 Å². The summed E-state index contributed by atoms with van der Waals surface area (Å²) in [7, 11) is 0. The molecular weight excluding hydrogens is 272 g/mol. The summed E-state index contributed by atoms with van der Waals surface area (Å²) in [5.41, 5.74) is -0.227. The third-order valence-corrected chi connectivity index (χ3v) is 2.59. The van der Waals surface area contributed by atoms with E-state index in [2.05, 4.69) is 4.98 Å². The Bertz CT molecular complexity index is 538. The highest BCUT2D eigenvalue weighted by molar-refractivity contribution is 5.86. The summed E-state index contributed by atoms with van der Waals surface area (Å²) >= 11 is 0. The van der Waals surface area contributed by atoms with Gasteiger partial charge in [0.1, 0.15) is 11.4 Å². The van der Waals surface area contributed by atoms with Crippen LogP contribution in [0.5, 0.6) is 0 Å². The number of unbranched alkanes of at least 4 members (excludes halogenated alkanes) is 1. The zero-order chi connectivity index (χ0) is 16.0. The molecule has 0 fully saturated rings. The van der Waals surface area contributed by atoms with E-state index in [1.807, 2.05) is 6.92 Å².